The second kappa shape index (κ2) is 19.1. The molecule has 2 rings (SSSR count). The fraction of sp³-hybridized carbons (Fsp3) is 0.571. The van der Waals surface area contributed by atoms with E-state index in [0.29, 0.717) is 6.42 Å². The number of unbranched alkanes of at least 4 members (excludes halogenated alkanes) is 9. The van der Waals surface area contributed by atoms with Gasteiger partial charge in [-0.05, 0) is 23.0 Å². The second-order valence-corrected chi connectivity index (χ2v) is 12.5. The zero-order valence-electron chi connectivity index (χ0n) is 26.2. The minimum atomic E-state index is -0.827. The average Bonchev–Trinajstić information content (AvgIpc) is 2.98. The largest absolute Gasteiger partial charge is 0.344 e. The lowest BCUT2D eigenvalue weighted by Crippen LogP contribution is -2.55. The van der Waals surface area contributed by atoms with Crippen LogP contribution in [0.4, 0.5) is 0 Å². The Hall–Kier alpha value is -3.19. The highest BCUT2D eigenvalue weighted by Gasteiger charge is 2.36. The van der Waals surface area contributed by atoms with Crippen molar-refractivity contribution in [1.29, 1.82) is 0 Å². The zero-order valence-corrected chi connectivity index (χ0v) is 26.2. The summed E-state index contributed by atoms with van der Waals surface area (Å²) in [5, 5.41) is 15.3. The molecule has 0 unspecified atom stereocenters. The molecule has 0 saturated carbocycles. The number of benzene rings is 2. The Labute approximate surface area is 253 Å². The lowest BCUT2D eigenvalue weighted by molar-refractivity contribution is -0.137. The van der Waals surface area contributed by atoms with E-state index in [2.05, 4.69) is 17.6 Å². The average molecular weight is 580 g/mol. The monoisotopic (exact) mass is 579 g/mol. The maximum absolute atomic E-state index is 13.8. The van der Waals surface area contributed by atoms with Crippen LogP contribution in [0.1, 0.15) is 122 Å². The Bertz CT molecular complexity index is 1010. The summed E-state index contributed by atoms with van der Waals surface area (Å²) in [4.78, 5) is 39.4. The van der Waals surface area contributed by atoms with Crippen molar-refractivity contribution < 1.29 is 19.6 Å². The molecule has 0 radical (unpaired) electrons. The van der Waals surface area contributed by atoms with Gasteiger partial charge in [0.2, 0.25) is 17.7 Å². The predicted octanol–water partition coefficient (Wildman–Crippen LogP) is 7.25. The molecule has 0 aliphatic heterocycles. The van der Waals surface area contributed by atoms with Crippen LogP contribution in [0.25, 0.3) is 0 Å². The lowest BCUT2D eigenvalue weighted by atomic mass is 9.84. The van der Waals surface area contributed by atoms with Crippen molar-refractivity contribution in [3.05, 3.63) is 71.8 Å². The Morgan fingerprint density at radius 3 is 1.62 bits per heavy atom. The summed E-state index contributed by atoms with van der Waals surface area (Å²) < 4.78 is 0. The highest BCUT2D eigenvalue weighted by atomic mass is 16.5. The van der Waals surface area contributed by atoms with Gasteiger partial charge in [0.05, 0.1) is 6.04 Å². The molecule has 0 fully saturated rings. The summed E-state index contributed by atoms with van der Waals surface area (Å²) in [6.45, 7) is 7.96. The molecule has 0 aliphatic rings. The molecule has 2 aromatic carbocycles. The van der Waals surface area contributed by atoms with Crippen LogP contribution in [0.3, 0.4) is 0 Å². The number of nitrogens with one attached hydrogen (secondary N) is 3. The van der Waals surface area contributed by atoms with Crippen molar-refractivity contribution in [2.24, 2.45) is 11.3 Å². The maximum atomic E-state index is 13.8. The SMILES string of the molecule is CCCCCCCCCCCC[C@H](CC(=O)NO)C(=O)N[C@H](C(=O)NC(c1ccccc1)c1ccccc1)C(C)(C)C. The van der Waals surface area contributed by atoms with Crippen molar-refractivity contribution in [2.75, 3.05) is 0 Å². The second-order valence-electron chi connectivity index (χ2n) is 12.5. The topological polar surface area (TPSA) is 108 Å². The fourth-order valence-corrected chi connectivity index (χ4v) is 5.28. The van der Waals surface area contributed by atoms with Crippen LogP contribution in [0.15, 0.2) is 60.7 Å². The molecule has 0 heterocycles. The third-order valence-electron chi connectivity index (χ3n) is 7.80. The molecule has 4 N–H and O–H groups in total. The van der Waals surface area contributed by atoms with E-state index in [-0.39, 0.29) is 24.3 Å². The van der Waals surface area contributed by atoms with E-state index in [1.54, 1.807) is 5.48 Å². The van der Waals surface area contributed by atoms with Crippen LogP contribution in [-0.2, 0) is 14.4 Å². The molecule has 232 valence electrons. The van der Waals surface area contributed by atoms with Crippen molar-refractivity contribution in [2.45, 2.75) is 117 Å². The Kier molecular flexibility index (Phi) is 15.9. The van der Waals surface area contributed by atoms with Crippen LogP contribution >= 0.6 is 0 Å². The predicted molar refractivity (Wildman–Crippen MR) is 169 cm³/mol. The van der Waals surface area contributed by atoms with E-state index in [1.165, 1.54) is 44.9 Å². The van der Waals surface area contributed by atoms with Crippen LogP contribution in [-0.4, -0.2) is 29.0 Å². The molecule has 7 heteroatoms. The minimum Gasteiger partial charge on any atom is -0.344 e. The Morgan fingerprint density at radius 2 is 1.17 bits per heavy atom. The van der Waals surface area contributed by atoms with Gasteiger partial charge < -0.3 is 10.6 Å². The molecule has 0 saturated heterocycles. The minimum absolute atomic E-state index is 0.130. The quantitative estimate of drug-likeness (QED) is 0.0799. The van der Waals surface area contributed by atoms with Crippen LogP contribution in [0.5, 0.6) is 0 Å². The highest BCUT2D eigenvalue weighted by Crippen LogP contribution is 2.26. The van der Waals surface area contributed by atoms with Crippen molar-refractivity contribution in [3.63, 3.8) is 0 Å². The number of rotatable bonds is 19. The molecule has 0 bridgehead atoms. The third-order valence-corrected chi connectivity index (χ3v) is 7.80. The van der Waals surface area contributed by atoms with Gasteiger partial charge in [-0.25, -0.2) is 5.48 Å². The normalized spacial score (nSPS) is 12.9. The number of hydrogen-bond donors (Lipinski definition) is 4. The summed E-state index contributed by atoms with van der Waals surface area (Å²) in [6, 6.07) is 18.3. The highest BCUT2D eigenvalue weighted by molar-refractivity contribution is 5.91. The summed E-state index contributed by atoms with van der Waals surface area (Å²) >= 11 is 0. The summed E-state index contributed by atoms with van der Waals surface area (Å²) in [7, 11) is 0. The number of carbonyl (C=O) groups excluding carboxylic acids is 3. The van der Waals surface area contributed by atoms with Gasteiger partial charge in [-0.1, -0.05) is 153 Å². The number of carbonyl (C=O) groups is 3. The van der Waals surface area contributed by atoms with Gasteiger partial charge in [-0.3, -0.25) is 19.6 Å². The number of hydroxylamine groups is 1. The van der Waals surface area contributed by atoms with Gasteiger partial charge >= 0.3 is 0 Å². The zero-order chi connectivity index (χ0) is 30.8. The van der Waals surface area contributed by atoms with Gasteiger partial charge in [0, 0.05) is 12.3 Å². The molecule has 2 aromatic rings. The molecule has 7 nitrogen and oxygen atoms in total. The van der Waals surface area contributed by atoms with E-state index < -0.39 is 23.3 Å². The standard InChI is InChI=1S/C35H53N3O4/c1-5-6-7-8-9-10-11-12-13-16-25-29(26-30(39)38-42)33(40)37-32(35(2,3)4)34(41)36-31(27-21-17-14-18-22-27)28-23-19-15-20-24-28/h14-15,17-24,29,31-32,42H,5-13,16,25-26H2,1-4H3,(H,36,41)(H,37,40)(H,38,39)/t29-,32-/m1/s1. The van der Waals surface area contributed by atoms with Gasteiger partial charge in [0.1, 0.15) is 6.04 Å². The maximum Gasteiger partial charge on any atom is 0.244 e. The lowest BCUT2D eigenvalue weighted by Gasteiger charge is -2.33. The van der Waals surface area contributed by atoms with Gasteiger partial charge in [0.15, 0.2) is 0 Å². The molecule has 0 aromatic heterocycles. The van der Waals surface area contributed by atoms with E-state index in [4.69, 9.17) is 5.21 Å². The van der Waals surface area contributed by atoms with Gasteiger partial charge in [-0.2, -0.15) is 0 Å². The number of hydrogen-bond acceptors (Lipinski definition) is 4. The first-order valence-electron chi connectivity index (χ1n) is 15.8. The summed E-state index contributed by atoms with van der Waals surface area (Å²) in [5.41, 5.74) is 2.95. The molecule has 0 spiro atoms. The molecule has 3 amide bonds. The number of amides is 3. The van der Waals surface area contributed by atoms with Gasteiger partial charge in [0.25, 0.3) is 0 Å². The van der Waals surface area contributed by atoms with Crippen molar-refractivity contribution >= 4 is 17.7 Å². The molecule has 0 aliphatic carbocycles. The van der Waals surface area contributed by atoms with Crippen molar-refractivity contribution in [3.8, 4) is 0 Å². The Morgan fingerprint density at radius 1 is 0.690 bits per heavy atom. The van der Waals surface area contributed by atoms with E-state index in [0.717, 1.165) is 30.4 Å². The molecular formula is C35H53N3O4. The first kappa shape index (κ1) is 35.0. The Balaban J connectivity index is 2.05. The smallest absolute Gasteiger partial charge is 0.244 e. The molecule has 42 heavy (non-hydrogen) atoms. The summed E-state index contributed by atoms with van der Waals surface area (Å²) in [6.07, 6.45) is 12.1. The van der Waals surface area contributed by atoms with Crippen LogP contribution in [0, 0.1) is 11.3 Å². The van der Waals surface area contributed by atoms with E-state index in [9.17, 15) is 14.4 Å². The molecule has 2 atom stereocenters. The van der Waals surface area contributed by atoms with Crippen LogP contribution in [0.2, 0.25) is 0 Å². The van der Waals surface area contributed by atoms with E-state index in [1.807, 2.05) is 81.4 Å². The van der Waals surface area contributed by atoms with E-state index >= 15 is 0 Å². The first-order chi connectivity index (χ1) is 20.2. The first-order valence-corrected chi connectivity index (χ1v) is 15.8. The van der Waals surface area contributed by atoms with Crippen molar-refractivity contribution in [1.82, 2.24) is 16.1 Å². The summed E-state index contributed by atoms with van der Waals surface area (Å²) in [5.74, 6) is -1.88. The fourth-order valence-electron chi connectivity index (χ4n) is 5.28. The molecular weight excluding hydrogens is 526 g/mol. The van der Waals surface area contributed by atoms with Crippen LogP contribution < -0.4 is 16.1 Å². The third kappa shape index (κ3) is 12.8. The van der Waals surface area contributed by atoms with Gasteiger partial charge in [-0.15, -0.1) is 0 Å².